The molecule has 4 aliphatic carbocycles. The van der Waals surface area contributed by atoms with E-state index in [4.69, 9.17) is 14.2 Å². The molecule has 6 rings (SSSR count). The van der Waals surface area contributed by atoms with Gasteiger partial charge in [0.25, 0.3) is 0 Å². The molecule has 3 saturated carbocycles. The van der Waals surface area contributed by atoms with Gasteiger partial charge in [0.1, 0.15) is 5.75 Å². The Morgan fingerprint density at radius 2 is 1.88 bits per heavy atom. The van der Waals surface area contributed by atoms with Gasteiger partial charge >= 0.3 is 6.09 Å². The molecule has 0 spiro atoms. The molecule has 1 aromatic rings. The summed E-state index contributed by atoms with van der Waals surface area (Å²) in [5, 5.41) is 14.2. The molecule has 2 N–H and O–H groups in total. The number of amides is 1. The SMILES string of the molecule is CC1(C)O[C@@H]2CC3C4CCC5=CC(=O)C=CC5(C)[C@@]4(F)[C@@H](O)CC3(C)[C@@]2(C(=O)CNC(=O)Oc2ccccc2)O1. The zero-order valence-corrected chi connectivity index (χ0v) is 23.2. The maximum absolute atomic E-state index is 17.5. The van der Waals surface area contributed by atoms with Gasteiger partial charge in [0.15, 0.2) is 28.6 Å². The fourth-order valence-electron chi connectivity index (χ4n) is 8.72. The maximum atomic E-state index is 17.5. The van der Waals surface area contributed by atoms with Crippen LogP contribution in [-0.4, -0.2) is 58.6 Å². The van der Waals surface area contributed by atoms with E-state index in [-0.39, 0.29) is 24.7 Å². The number of allylic oxidation sites excluding steroid dienone is 4. The van der Waals surface area contributed by atoms with Crippen molar-refractivity contribution in [2.45, 2.75) is 82.6 Å². The summed E-state index contributed by atoms with van der Waals surface area (Å²) >= 11 is 0. The number of alkyl halides is 1. The Labute approximate surface area is 232 Å². The van der Waals surface area contributed by atoms with Crippen LogP contribution in [0.3, 0.4) is 0 Å². The minimum Gasteiger partial charge on any atom is -0.410 e. The number of hydrogen-bond acceptors (Lipinski definition) is 7. The molecule has 8 nitrogen and oxygen atoms in total. The third-order valence-corrected chi connectivity index (χ3v) is 10.4. The quantitative estimate of drug-likeness (QED) is 0.575. The second-order valence-electron chi connectivity index (χ2n) is 12.8. The number of nitrogens with one attached hydrogen (secondary N) is 1. The van der Waals surface area contributed by atoms with Gasteiger partial charge in [-0.2, -0.15) is 0 Å². The van der Waals surface area contributed by atoms with Crippen molar-refractivity contribution in [2.75, 3.05) is 6.54 Å². The molecule has 8 atom stereocenters. The van der Waals surface area contributed by atoms with E-state index < -0.39 is 57.9 Å². The first-order chi connectivity index (χ1) is 18.8. The molecule has 4 fully saturated rings. The summed E-state index contributed by atoms with van der Waals surface area (Å²) in [5.41, 5.74) is -4.95. The molecule has 1 amide bonds. The first-order valence-electron chi connectivity index (χ1n) is 14.0. The molecule has 0 radical (unpaired) electrons. The van der Waals surface area contributed by atoms with E-state index in [1.165, 1.54) is 12.2 Å². The van der Waals surface area contributed by atoms with E-state index in [9.17, 15) is 19.5 Å². The number of carbonyl (C=O) groups is 3. The number of para-hydroxylation sites is 1. The lowest BCUT2D eigenvalue weighted by molar-refractivity contribution is -0.245. The number of halogens is 1. The molecular weight excluding hydrogens is 517 g/mol. The molecule has 40 heavy (non-hydrogen) atoms. The highest BCUT2D eigenvalue weighted by Gasteiger charge is 2.80. The van der Waals surface area contributed by atoms with Gasteiger partial charge in [0.05, 0.1) is 18.8 Å². The predicted molar refractivity (Wildman–Crippen MR) is 142 cm³/mol. The van der Waals surface area contributed by atoms with Crippen LogP contribution in [0.5, 0.6) is 5.75 Å². The van der Waals surface area contributed by atoms with Gasteiger partial charge in [0, 0.05) is 16.7 Å². The third-order valence-electron chi connectivity index (χ3n) is 10.4. The molecule has 214 valence electrons. The number of rotatable bonds is 4. The van der Waals surface area contributed by atoms with Crippen molar-refractivity contribution < 1.29 is 38.1 Å². The largest absolute Gasteiger partial charge is 0.412 e. The van der Waals surface area contributed by atoms with Crippen LogP contribution in [0.25, 0.3) is 0 Å². The van der Waals surface area contributed by atoms with E-state index in [0.717, 1.165) is 0 Å². The summed E-state index contributed by atoms with van der Waals surface area (Å²) in [5.74, 6) is -2.26. The van der Waals surface area contributed by atoms with Gasteiger partial charge < -0.3 is 24.6 Å². The van der Waals surface area contributed by atoms with Crippen molar-refractivity contribution in [1.29, 1.82) is 0 Å². The van der Waals surface area contributed by atoms with Crippen molar-refractivity contribution >= 4 is 17.7 Å². The Morgan fingerprint density at radius 3 is 2.60 bits per heavy atom. The number of ether oxygens (including phenoxy) is 3. The molecular formula is C31H36FNO7. The maximum Gasteiger partial charge on any atom is 0.412 e. The molecule has 5 aliphatic rings. The van der Waals surface area contributed by atoms with Crippen LogP contribution in [0.15, 0.2) is 54.1 Å². The lowest BCUT2D eigenvalue weighted by Gasteiger charge is -2.62. The molecule has 1 aliphatic heterocycles. The normalized spacial score (nSPS) is 42.6. The topological polar surface area (TPSA) is 111 Å². The smallest absolute Gasteiger partial charge is 0.410 e. The summed E-state index contributed by atoms with van der Waals surface area (Å²) in [4.78, 5) is 38.7. The fraction of sp³-hybridized carbons (Fsp3) is 0.581. The lowest BCUT2D eigenvalue weighted by Crippen LogP contribution is -2.70. The first-order valence-corrected chi connectivity index (χ1v) is 14.0. The molecule has 1 aromatic carbocycles. The second kappa shape index (κ2) is 8.81. The van der Waals surface area contributed by atoms with E-state index in [1.54, 1.807) is 57.2 Å². The summed E-state index contributed by atoms with van der Waals surface area (Å²) < 4.78 is 35.5. The van der Waals surface area contributed by atoms with Crippen LogP contribution in [0, 0.1) is 22.7 Å². The van der Waals surface area contributed by atoms with Gasteiger partial charge in [-0.05, 0) is 76.7 Å². The van der Waals surface area contributed by atoms with Crippen molar-refractivity contribution in [3.05, 3.63) is 54.1 Å². The van der Waals surface area contributed by atoms with Gasteiger partial charge in [-0.1, -0.05) is 36.8 Å². The van der Waals surface area contributed by atoms with Crippen LogP contribution >= 0.6 is 0 Å². The summed E-state index contributed by atoms with van der Waals surface area (Å²) in [7, 11) is 0. The van der Waals surface area contributed by atoms with Crippen molar-refractivity contribution in [3.8, 4) is 5.75 Å². The molecule has 1 heterocycles. The van der Waals surface area contributed by atoms with E-state index in [0.29, 0.717) is 30.6 Å². The Kier molecular flexibility index (Phi) is 6.01. The Hall–Kier alpha value is -2.88. The van der Waals surface area contributed by atoms with E-state index in [1.807, 2.05) is 6.92 Å². The minimum atomic E-state index is -2.03. The monoisotopic (exact) mass is 553 g/mol. The van der Waals surface area contributed by atoms with Crippen molar-refractivity contribution in [2.24, 2.45) is 22.7 Å². The molecule has 1 saturated heterocycles. The van der Waals surface area contributed by atoms with Gasteiger partial charge in [-0.3, -0.25) is 9.59 Å². The molecule has 4 unspecified atom stereocenters. The fourth-order valence-corrected chi connectivity index (χ4v) is 8.72. The minimum absolute atomic E-state index is 0.0362. The molecule has 0 aromatic heterocycles. The zero-order valence-electron chi connectivity index (χ0n) is 23.2. The Balaban J connectivity index is 1.32. The van der Waals surface area contributed by atoms with Crippen molar-refractivity contribution in [3.63, 3.8) is 0 Å². The number of ketones is 2. The van der Waals surface area contributed by atoms with Gasteiger partial charge in [-0.25, -0.2) is 9.18 Å². The van der Waals surface area contributed by atoms with E-state index >= 15 is 4.39 Å². The number of aliphatic hydroxyl groups is 1. The van der Waals surface area contributed by atoms with Crippen LogP contribution in [0.2, 0.25) is 0 Å². The number of aliphatic hydroxyl groups excluding tert-OH is 1. The summed E-state index contributed by atoms with van der Waals surface area (Å²) in [6, 6.07) is 8.51. The number of fused-ring (bicyclic) bond motifs is 7. The van der Waals surface area contributed by atoms with Gasteiger partial charge in [0.2, 0.25) is 0 Å². The Bertz CT molecular complexity index is 1330. The Morgan fingerprint density at radius 1 is 1.15 bits per heavy atom. The average Bonchev–Trinajstić information content (AvgIpc) is 3.30. The highest BCUT2D eigenvalue weighted by atomic mass is 19.1. The van der Waals surface area contributed by atoms with Gasteiger partial charge in [-0.15, -0.1) is 0 Å². The highest BCUT2D eigenvalue weighted by molar-refractivity contribution is 6.01. The standard InChI is InChI=1S/C31H36FNO7/c1-27(2)39-25-15-22-21-11-10-18-14-19(34)12-13-28(18,3)30(21,32)23(35)16-29(22,4)31(25,40-27)24(36)17-33-26(37)38-20-8-6-5-7-9-20/h5-9,12-14,21-23,25,35H,10-11,15-17H2,1-4H3,(H,33,37)/t21?,22?,23-,25+,28?,29?,30-,31-/m0/s1. The highest BCUT2D eigenvalue weighted by Crippen LogP contribution is 2.72. The predicted octanol–water partition coefficient (Wildman–Crippen LogP) is 4.22. The average molecular weight is 554 g/mol. The lowest BCUT2D eigenvalue weighted by atomic mass is 9.44. The molecule has 0 bridgehead atoms. The molecule has 9 heteroatoms. The first kappa shape index (κ1) is 27.3. The van der Waals surface area contributed by atoms with E-state index in [2.05, 4.69) is 5.32 Å². The van der Waals surface area contributed by atoms with Crippen LogP contribution in [-0.2, 0) is 19.1 Å². The van der Waals surface area contributed by atoms with Crippen LogP contribution in [0.4, 0.5) is 9.18 Å². The number of benzene rings is 1. The summed E-state index contributed by atoms with van der Waals surface area (Å²) in [6.45, 7) is 6.74. The zero-order chi connectivity index (χ0) is 28.7. The number of hydrogen-bond donors (Lipinski definition) is 2. The van der Waals surface area contributed by atoms with Crippen molar-refractivity contribution in [1.82, 2.24) is 5.32 Å². The third kappa shape index (κ3) is 3.56. The summed E-state index contributed by atoms with van der Waals surface area (Å²) in [6.07, 6.45) is 2.90. The number of carbonyl (C=O) groups excluding carboxylic acids is 3. The number of Topliss-reactive ketones (excluding diaryl/α,β-unsaturated/α-hetero) is 1. The second-order valence-corrected chi connectivity index (χ2v) is 12.8. The van der Waals surface area contributed by atoms with Crippen LogP contribution < -0.4 is 10.1 Å². The van der Waals surface area contributed by atoms with Crippen LogP contribution in [0.1, 0.15) is 53.4 Å².